The Morgan fingerprint density at radius 1 is 1.35 bits per heavy atom. The lowest BCUT2D eigenvalue weighted by molar-refractivity contribution is -0.382. The number of nitro groups is 1. The molecule has 0 atom stereocenters. The van der Waals surface area contributed by atoms with Gasteiger partial charge in [-0.1, -0.05) is 0 Å². The van der Waals surface area contributed by atoms with Crippen LogP contribution in [0.2, 0.25) is 0 Å². The van der Waals surface area contributed by atoms with Crippen LogP contribution in [-0.2, 0) is 0 Å². The maximum absolute atomic E-state index is 11.1. The molecule has 1 aromatic carbocycles. The summed E-state index contributed by atoms with van der Waals surface area (Å²) in [5.74, 6) is 0. The summed E-state index contributed by atoms with van der Waals surface area (Å²) in [5.41, 5.74) is 0.542. The number of rotatable bonds is 2. The number of benzene rings is 1. The van der Waals surface area contributed by atoms with Gasteiger partial charge in [-0.25, -0.2) is 4.63 Å². The van der Waals surface area contributed by atoms with Crippen LogP contribution in [0.5, 0.6) is 0 Å². The zero-order valence-electron chi connectivity index (χ0n) is 9.72. The van der Waals surface area contributed by atoms with Crippen LogP contribution >= 0.6 is 0 Å². The third-order valence-electron chi connectivity index (χ3n) is 2.09. The average Bonchev–Trinajstić information content (AvgIpc) is 2.61. The van der Waals surface area contributed by atoms with Crippen molar-refractivity contribution in [3.05, 3.63) is 22.2 Å². The fourth-order valence-electron chi connectivity index (χ4n) is 1.53. The summed E-state index contributed by atoms with van der Waals surface area (Å²) in [7, 11) is 0. The number of anilines is 1. The van der Waals surface area contributed by atoms with Crippen molar-refractivity contribution in [2.45, 2.75) is 26.3 Å². The first-order valence-electron chi connectivity index (χ1n) is 5.06. The normalized spacial score (nSPS) is 11.7. The monoisotopic (exact) mass is 236 g/mol. The molecule has 0 unspecified atom stereocenters. The number of aromatic nitrogens is 2. The van der Waals surface area contributed by atoms with Crippen LogP contribution in [-0.4, -0.2) is 20.8 Å². The Morgan fingerprint density at radius 2 is 2.06 bits per heavy atom. The Morgan fingerprint density at radius 3 is 2.65 bits per heavy atom. The largest absolute Gasteiger partial charge is 0.375 e. The third kappa shape index (κ3) is 2.17. The predicted octanol–water partition coefficient (Wildman–Crippen LogP) is 2.34. The quantitative estimate of drug-likeness (QED) is 0.635. The molecule has 7 nitrogen and oxygen atoms in total. The van der Waals surface area contributed by atoms with Gasteiger partial charge in [-0.3, -0.25) is 10.1 Å². The third-order valence-corrected chi connectivity index (χ3v) is 2.09. The van der Waals surface area contributed by atoms with Gasteiger partial charge < -0.3 is 5.32 Å². The van der Waals surface area contributed by atoms with E-state index >= 15 is 0 Å². The fraction of sp³-hybridized carbons (Fsp3) is 0.400. The van der Waals surface area contributed by atoms with E-state index in [0.29, 0.717) is 11.2 Å². The number of nitrogens with zero attached hydrogens (tertiary/aromatic N) is 3. The molecule has 2 rings (SSSR count). The molecule has 0 radical (unpaired) electrons. The Labute approximate surface area is 96.9 Å². The van der Waals surface area contributed by atoms with Crippen LogP contribution in [0.15, 0.2) is 16.8 Å². The number of hydrogen-bond donors (Lipinski definition) is 1. The first-order valence-corrected chi connectivity index (χ1v) is 5.06. The molecule has 0 aliphatic carbocycles. The summed E-state index contributed by atoms with van der Waals surface area (Å²) < 4.78 is 4.51. The minimum absolute atomic E-state index is 0.112. The first kappa shape index (κ1) is 11.3. The molecule has 0 spiro atoms. The van der Waals surface area contributed by atoms with Gasteiger partial charge in [0.05, 0.1) is 4.92 Å². The number of hydrogen-bond acceptors (Lipinski definition) is 6. The molecule has 0 aliphatic heterocycles. The molecule has 2 aromatic rings. The standard InChI is InChI=1S/C10H12N4O3/c1-10(2,3)11-7-5-4-6-8(13-17-12-6)9(7)14(15)16/h4-5,11H,1-3H3. The van der Waals surface area contributed by atoms with Crippen LogP contribution in [0.25, 0.3) is 11.0 Å². The van der Waals surface area contributed by atoms with Crippen molar-refractivity contribution in [3.8, 4) is 0 Å². The van der Waals surface area contributed by atoms with Crippen LogP contribution in [0.3, 0.4) is 0 Å². The summed E-state index contributed by atoms with van der Waals surface area (Å²) in [5, 5.41) is 21.3. The Kier molecular flexibility index (Phi) is 2.45. The molecule has 7 heteroatoms. The van der Waals surface area contributed by atoms with Gasteiger partial charge in [0.2, 0.25) is 5.52 Å². The van der Waals surface area contributed by atoms with Crippen LogP contribution in [0, 0.1) is 10.1 Å². The molecule has 0 aliphatic rings. The van der Waals surface area contributed by atoms with E-state index < -0.39 is 4.92 Å². The highest BCUT2D eigenvalue weighted by Gasteiger charge is 2.24. The van der Waals surface area contributed by atoms with E-state index in [1.165, 1.54) is 0 Å². The molecule has 0 fully saturated rings. The Hall–Kier alpha value is -2.18. The van der Waals surface area contributed by atoms with E-state index in [2.05, 4.69) is 20.3 Å². The van der Waals surface area contributed by atoms with Gasteiger partial charge in [-0.2, -0.15) is 0 Å². The second kappa shape index (κ2) is 3.69. The number of fused-ring (bicyclic) bond motifs is 1. The first-order chi connectivity index (χ1) is 7.88. The summed E-state index contributed by atoms with van der Waals surface area (Å²) in [6, 6.07) is 3.24. The second-order valence-electron chi connectivity index (χ2n) is 4.73. The molecule has 0 saturated heterocycles. The van der Waals surface area contributed by atoms with Crippen molar-refractivity contribution in [3.63, 3.8) is 0 Å². The van der Waals surface area contributed by atoms with Gasteiger partial charge in [-0.05, 0) is 43.2 Å². The predicted molar refractivity (Wildman–Crippen MR) is 61.8 cm³/mol. The molecule has 0 amide bonds. The number of nitrogens with one attached hydrogen (secondary N) is 1. The second-order valence-corrected chi connectivity index (χ2v) is 4.73. The fourth-order valence-corrected chi connectivity index (χ4v) is 1.53. The highest BCUT2D eigenvalue weighted by atomic mass is 16.6. The maximum Gasteiger partial charge on any atom is 0.323 e. The lowest BCUT2D eigenvalue weighted by atomic mass is 10.1. The SMILES string of the molecule is CC(C)(C)Nc1ccc2nonc2c1[N+](=O)[O-]. The highest BCUT2D eigenvalue weighted by Crippen LogP contribution is 2.32. The van der Waals surface area contributed by atoms with E-state index in [9.17, 15) is 10.1 Å². The van der Waals surface area contributed by atoms with Gasteiger partial charge in [0.15, 0.2) is 0 Å². The van der Waals surface area contributed by atoms with E-state index in [0.717, 1.165) is 0 Å². The van der Waals surface area contributed by atoms with Crippen molar-refractivity contribution in [2.24, 2.45) is 0 Å². The van der Waals surface area contributed by atoms with Crippen molar-refractivity contribution < 1.29 is 9.55 Å². The molecule has 90 valence electrons. The average molecular weight is 236 g/mol. The summed E-state index contributed by atoms with van der Waals surface area (Å²) in [4.78, 5) is 10.6. The van der Waals surface area contributed by atoms with Crippen molar-refractivity contribution in [2.75, 3.05) is 5.32 Å². The minimum atomic E-state index is -0.486. The molecule has 1 heterocycles. The van der Waals surface area contributed by atoms with E-state index in [4.69, 9.17) is 0 Å². The molecular formula is C10H12N4O3. The van der Waals surface area contributed by atoms with Crippen molar-refractivity contribution >= 4 is 22.4 Å². The summed E-state index contributed by atoms with van der Waals surface area (Å²) in [6.07, 6.45) is 0. The van der Waals surface area contributed by atoms with E-state index in [1.54, 1.807) is 12.1 Å². The summed E-state index contributed by atoms with van der Waals surface area (Å²) in [6.45, 7) is 5.76. The van der Waals surface area contributed by atoms with Crippen LogP contribution < -0.4 is 5.32 Å². The molecule has 0 saturated carbocycles. The van der Waals surface area contributed by atoms with Crippen LogP contribution in [0.4, 0.5) is 11.4 Å². The van der Waals surface area contributed by atoms with Gasteiger partial charge in [-0.15, -0.1) is 0 Å². The number of nitro benzene ring substituents is 1. The summed E-state index contributed by atoms with van der Waals surface area (Å²) >= 11 is 0. The maximum atomic E-state index is 11.1. The van der Waals surface area contributed by atoms with Gasteiger partial charge in [0.25, 0.3) is 0 Å². The molecular weight excluding hydrogens is 224 g/mol. The zero-order valence-corrected chi connectivity index (χ0v) is 9.72. The topological polar surface area (TPSA) is 94.1 Å². The van der Waals surface area contributed by atoms with Crippen LogP contribution in [0.1, 0.15) is 20.8 Å². The Bertz CT molecular complexity index is 570. The minimum Gasteiger partial charge on any atom is -0.375 e. The zero-order chi connectivity index (χ0) is 12.6. The lowest BCUT2D eigenvalue weighted by Gasteiger charge is -2.21. The van der Waals surface area contributed by atoms with E-state index in [1.807, 2.05) is 20.8 Å². The Balaban J connectivity index is 2.62. The van der Waals surface area contributed by atoms with Gasteiger partial charge in [0, 0.05) is 5.54 Å². The van der Waals surface area contributed by atoms with Crippen molar-refractivity contribution in [1.82, 2.24) is 10.3 Å². The van der Waals surface area contributed by atoms with Crippen molar-refractivity contribution in [1.29, 1.82) is 0 Å². The molecule has 17 heavy (non-hydrogen) atoms. The van der Waals surface area contributed by atoms with Gasteiger partial charge >= 0.3 is 5.69 Å². The lowest BCUT2D eigenvalue weighted by Crippen LogP contribution is -2.26. The molecule has 0 bridgehead atoms. The molecule has 1 N–H and O–H groups in total. The van der Waals surface area contributed by atoms with E-state index in [-0.39, 0.29) is 16.7 Å². The highest BCUT2D eigenvalue weighted by molar-refractivity contribution is 5.90. The van der Waals surface area contributed by atoms with Gasteiger partial charge in [0.1, 0.15) is 11.2 Å². The molecule has 1 aromatic heterocycles. The smallest absolute Gasteiger partial charge is 0.323 e.